The van der Waals surface area contributed by atoms with Crippen molar-refractivity contribution in [2.24, 2.45) is 0 Å². The fourth-order valence-corrected chi connectivity index (χ4v) is 3.51. The third-order valence-electron chi connectivity index (χ3n) is 3.32. The van der Waals surface area contributed by atoms with E-state index in [9.17, 15) is 0 Å². The van der Waals surface area contributed by atoms with Gasteiger partial charge in [0.1, 0.15) is 5.01 Å². The Morgan fingerprint density at radius 1 is 1.32 bits per heavy atom. The first-order chi connectivity index (χ1) is 9.28. The smallest absolute Gasteiger partial charge is 0.123 e. The highest BCUT2D eigenvalue weighted by molar-refractivity contribution is 9.10. The van der Waals surface area contributed by atoms with Gasteiger partial charge in [0.05, 0.1) is 5.69 Å². The van der Waals surface area contributed by atoms with Crippen LogP contribution >= 0.6 is 27.3 Å². The van der Waals surface area contributed by atoms with Gasteiger partial charge in [0, 0.05) is 27.4 Å². The highest BCUT2D eigenvalue weighted by atomic mass is 79.9. The van der Waals surface area contributed by atoms with Crippen LogP contribution in [0.3, 0.4) is 0 Å². The van der Waals surface area contributed by atoms with Gasteiger partial charge in [-0.25, -0.2) is 4.98 Å². The molecule has 0 atom stereocenters. The Morgan fingerprint density at radius 3 is 2.68 bits per heavy atom. The van der Waals surface area contributed by atoms with Crippen molar-refractivity contribution in [2.45, 2.75) is 32.2 Å². The molecule has 2 nitrogen and oxygen atoms in total. The quantitative estimate of drug-likeness (QED) is 0.865. The van der Waals surface area contributed by atoms with E-state index in [0.29, 0.717) is 5.92 Å². The van der Waals surface area contributed by atoms with Gasteiger partial charge < -0.3 is 5.32 Å². The Balaban J connectivity index is 1.91. The molecule has 1 heterocycles. The first-order valence-corrected chi connectivity index (χ1v) is 8.35. The summed E-state index contributed by atoms with van der Waals surface area (Å²) in [7, 11) is 0. The lowest BCUT2D eigenvalue weighted by molar-refractivity contribution is 0.727. The molecular weight excluding hydrogens is 320 g/mol. The zero-order valence-corrected chi connectivity index (χ0v) is 13.4. The van der Waals surface area contributed by atoms with Crippen LogP contribution in [0.25, 0.3) is 10.6 Å². The van der Waals surface area contributed by atoms with Gasteiger partial charge in [-0.05, 0) is 31.5 Å². The summed E-state index contributed by atoms with van der Waals surface area (Å²) < 4.78 is 1.11. The summed E-state index contributed by atoms with van der Waals surface area (Å²) in [6.07, 6.45) is 2.62. The van der Waals surface area contributed by atoms with Crippen LogP contribution in [0.1, 0.15) is 36.3 Å². The molecule has 0 spiro atoms. The fraction of sp³-hybridized carbons (Fsp3) is 0.400. The highest BCUT2D eigenvalue weighted by Gasteiger charge is 2.29. The number of nitrogens with zero attached hydrogens (tertiary/aromatic N) is 1. The number of aromatic nitrogens is 1. The van der Waals surface area contributed by atoms with E-state index in [1.165, 1.54) is 29.0 Å². The Labute approximate surface area is 126 Å². The Hall–Kier alpha value is -0.710. The van der Waals surface area contributed by atoms with Crippen molar-refractivity contribution >= 4 is 27.3 Å². The first kappa shape index (κ1) is 13.3. The highest BCUT2D eigenvalue weighted by Crippen LogP contribution is 2.44. The number of thiazole rings is 1. The third-order valence-corrected chi connectivity index (χ3v) is 4.97. The average molecular weight is 337 g/mol. The van der Waals surface area contributed by atoms with Gasteiger partial charge in [-0.2, -0.15) is 0 Å². The van der Waals surface area contributed by atoms with Crippen LogP contribution < -0.4 is 5.32 Å². The average Bonchev–Trinajstić information content (AvgIpc) is 3.18. The van der Waals surface area contributed by atoms with Gasteiger partial charge in [-0.15, -0.1) is 11.3 Å². The van der Waals surface area contributed by atoms with E-state index in [0.717, 1.165) is 22.6 Å². The maximum Gasteiger partial charge on any atom is 0.123 e. The molecule has 0 bridgehead atoms. The molecule has 1 aromatic carbocycles. The minimum absolute atomic E-state index is 0.717. The molecule has 1 N–H and O–H groups in total. The second-order valence-electron chi connectivity index (χ2n) is 4.89. The predicted molar refractivity (Wildman–Crippen MR) is 84.6 cm³/mol. The molecule has 1 aliphatic carbocycles. The molecule has 0 aliphatic heterocycles. The first-order valence-electron chi connectivity index (χ1n) is 6.74. The molecule has 1 saturated carbocycles. The van der Waals surface area contributed by atoms with Crippen LogP contribution in [-0.4, -0.2) is 11.5 Å². The lowest BCUT2D eigenvalue weighted by Crippen LogP contribution is -2.11. The molecule has 0 unspecified atom stereocenters. The molecule has 1 aromatic heterocycles. The lowest BCUT2D eigenvalue weighted by Gasteiger charge is -2.00. The SMILES string of the molecule is CCNCc1sc(-c2ccc(Br)cc2)nc1C1CC1. The van der Waals surface area contributed by atoms with Crippen molar-refractivity contribution in [3.8, 4) is 10.6 Å². The molecular formula is C15H17BrN2S. The number of nitrogens with one attached hydrogen (secondary N) is 1. The predicted octanol–water partition coefficient (Wildman–Crippen LogP) is 4.56. The van der Waals surface area contributed by atoms with Crippen LogP contribution in [0.2, 0.25) is 0 Å². The zero-order chi connectivity index (χ0) is 13.2. The summed E-state index contributed by atoms with van der Waals surface area (Å²) in [6, 6.07) is 8.43. The van der Waals surface area contributed by atoms with Gasteiger partial charge in [0.25, 0.3) is 0 Å². The van der Waals surface area contributed by atoms with Crippen LogP contribution in [0.4, 0.5) is 0 Å². The molecule has 3 rings (SSSR count). The molecule has 100 valence electrons. The third kappa shape index (κ3) is 3.07. The van der Waals surface area contributed by atoms with E-state index in [-0.39, 0.29) is 0 Å². The largest absolute Gasteiger partial charge is 0.312 e. The van der Waals surface area contributed by atoms with Crippen LogP contribution in [0.15, 0.2) is 28.7 Å². The number of halogens is 1. The van der Waals surface area contributed by atoms with Crippen molar-refractivity contribution in [3.63, 3.8) is 0 Å². The van der Waals surface area contributed by atoms with Crippen LogP contribution in [-0.2, 0) is 6.54 Å². The second kappa shape index (κ2) is 5.73. The number of benzene rings is 1. The Morgan fingerprint density at radius 2 is 2.05 bits per heavy atom. The van der Waals surface area contributed by atoms with E-state index in [4.69, 9.17) is 4.98 Å². The fourth-order valence-electron chi connectivity index (χ4n) is 2.12. The van der Waals surface area contributed by atoms with E-state index in [1.807, 2.05) is 11.3 Å². The summed E-state index contributed by atoms with van der Waals surface area (Å²) >= 11 is 5.32. The summed E-state index contributed by atoms with van der Waals surface area (Å²) in [5.74, 6) is 0.717. The number of hydrogen-bond donors (Lipinski definition) is 1. The van der Waals surface area contributed by atoms with E-state index in [2.05, 4.69) is 52.4 Å². The molecule has 19 heavy (non-hydrogen) atoms. The summed E-state index contributed by atoms with van der Waals surface area (Å²) in [5.41, 5.74) is 2.56. The Bertz CT molecular complexity index is 558. The van der Waals surface area contributed by atoms with E-state index < -0.39 is 0 Å². The molecule has 1 aliphatic rings. The number of rotatable bonds is 5. The second-order valence-corrected chi connectivity index (χ2v) is 6.89. The molecule has 1 fully saturated rings. The minimum atomic E-state index is 0.717. The van der Waals surface area contributed by atoms with Gasteiger partial charge in [-0.3, -0.25) is 0 Å². The Kier molecular flexibility index (Phi) is 4.01. The number of hydrogen-bond acceptors (Lipinski definition) is 3. The summed E-state index contributed by atoms with van der Waals surface area (Å²) in [4.78, 5) is 6.31. The van der Waals surface area contributed by atoms with E-state index >= 15 is 0 Å². The topological polar surface area (TPSA) is 24.9 Å². The van der Waals surface area contributed by atoms with Crippen molar-refractivity contribution in [1.82, 2.24) is 10.3 Å². The van der Waals surface area contributed by atoms with Gasteiger partial charge in [-0.1, -0.05) is 35.0 Å². The van der Waals surface area contributed by atoms with Crippen molar-refractivity contribution in [2.75, 3.05) is 6.54 Å². The molecule has 2 aromatic rings. The molecule has 0 amide bonds. The van der Waals surface area contributed by atoms with Crippen LogP contribution in [0.5, 0.6) is 0 Å². The minimum Gasteiger partial charge on any atom is -0.312 e. The van der Waals surface area contributed by atoms with E-state index in [1.54, 1.807) is 0 Å². The van der Waals surface area contributed by atoms with Crippen LogP contribution in [0, 0.1) is 0 Å². The molecule has 0 radical (unpaired) electrons. The molecule has 4 heteroatoms. The van der Waals surface area contributed by atoms with Crippen molar-refractivity contribution in [3.05, 3.63) is 39.3 Å². The van der Waals surface area contributed by atoms with Crippen molar-refractivity contribution in [1.29, 1.82) is 0 Å². The van der Waals surface area contributed by atoms with Gasteiger partial charge in [0.15, 0.2) is 0 Å². The standard InChI is InChI=1S/C15H17BrN2S/c1-2-17-9-13-14(10-3-4-10)18-15(19-13)11-5-7-12(16)8-6-11/h5-8,10,17H,2-4,9H2,1H3. The van der Waals surface area contributed by atoms with Crippen molar-refractivity contribution < 1.29 is 0 Å². The monoisotopic (exact) mass is 336 g/mol. The lowest BCUT2D eigenvalue weighted by atomic mass is 10.2. The summed E-state index contributed by atoms with van der Waals surface area (Å²) in [5, 5.41) is 4.58. The zero-order valence-electron chi connectivity index (χ0n) is 10.9. The maximum atomic E-state index is 4.89. The summed E-state index contributed by atoms with van der Waals surface area (Å²) in [6.45, 7) is 4.11. The van der Waals surface area contributed by atoms with Gasteiger partial charge in [0.2, 0.25) is 0 Å². The maximum absolute atomic E-state index is 4.89. The normalized spacial score (nSPS) is 14.8. The molecule has 0 saturated heterocycles. The van der Waals surface area contributed by atoms with Gasteiger partial charge >= 0.3 is 0 Å².